The van der Waals surface area contributed by atoms with E-state index in [-0.39, 0.29) is 19.1 Å². The molecule has 0 aliphatic carbocycles. The van der Waals surface area contributed by atoms with Crippen LogP contribution in [0.1, 0.15) is 13.3 Å². The summed E-state index contributed by atoms with van der Waals surface area (Å²) >= 11 is 0. The molecule has 7 nitrogen and oxygen atoms in total. The number of nitrogens with zero attached hydrogens (tertiary/aromatic N) is 1. The van der Waals surface area contributed by atoms with Crippen LogP contribution in [0.3, 0.4) is 0 Å². The summed E-state index contributed by atoms with van der Waals surface area (Å²) < 4.78 is 9.87. The highest BCUT2D eigenvalue weighted by Crippen LogP contribution is 2.09. The Morgan fingerprint density at radius 2 is 2.17 bits per heavy atom. The Morgan fingerprint density at radius 1 is 1.44 bits per heavy atom. The number of carbonyl (C=O) groups excluding carboxylic acids is 3. The van der Waals surface area contributed by atoms with Gasteiger partial charge in [0.25, 0.3) is 0 Å². The topological polar surface area (TPSA) is 84.9 Å². The number of nitrogens with one attached hydrogen (secondary N) is 1. The Kier molecular flexibility index (Phi) is 5.73. The summed E-state index contributed by atoms with van der Waals surface area (Å²) in [6.07, 6.45) is 0.461. The molecule has 0 radical (unpaired) electrons. The van der Waals surface area contributed by atoms with Crippen LogP contribution in [0.2, 0.25) is 0 Å². The van der Waals surface area contributed by atoms with Crippen molar-refractivity contribution < 1.29 is 23.9 Å². The van der Waals surface area contributed by atoms with E-state index < -0.39 is 17.9 Å². The van der Waals surface area contributed by atoms with E-state index in [0.717, 1.165) is 0 Å². The minimum absolute atomic E-state index is 0.100. The predicted molar refractivity (Wildman–Crippen MR) is 61.6 cm³/mol. The van der Waals surface area contributed by atoms with Crippen LogP contribution in [0, 0.1) is 0 Å². The lowest BCUT2D eigenvalue weighted by Gasteiger charge is -2.33. The van der Waals surface area contributed by atoms with E-state index in [2.05, 4.69) is 5.32 Å². The van der Waals surface area contributed by atoms with Gasteiger partial charge in [0.15, 0.2) is 0 Å². The molecule has 0 aromatic rings. The van der Waals surface area contributed by atoms with Crippen LogP contribution >= 0.6 is 0 Å². The van der Waals surface area contributed by atoms with Crippen molar-refractivity contribution in [2.24, 2.45) is 0 Å². The maximum absolute atomic E-state index is 11.8. The number of hydrogen-bond acceptors (Lipinski definition) is 5. The predicted octanol–water partition coefficient (Wildman–Crippen LogP) is -1.09. The standard InChI is InChI=1S/C11H18N2O5/c1-3-8-11(16)12-9(14)6-13(8)10(15)7-18-5-4-17-2/h8H,3-7H2,1-2H3,(H,12,14,16). The molecule has 1 N–H and O–H groups in total. The summed E-state index contributed by atoms with van der Waals surface area (Å²) in [4.78, 5) is 35.9. The number of amides is 3. The number of methoxy groups -OCH3 is 1. The highest BCUT2D eigenvalue weighted by atomic mass is 16.5. The maximum Gasteiger partial charge on any atom is 0.249 e. The summed E-state index contributed by atoms with van der Waals surface area (Å²) in [5.74, 6) is -1.25. The molecule has 3 amide bonds. The number of hydrogen-bond donors (Lipinski definition) is 1. The van der Waals surface area contributed by atoms with Gasteiger partial charge in [-0.15, -0.1) is 0 Å². The highest BCUT2D eigenvalue weighted by Gasteiger charge is 2.35. The molecule has 0 spiro atoms. The van der Waals surface area contributed by atoms with Gasteiger partial charge in [0.2, 0.25) is 17.7 Å². The number of imide groups is 1. The zero-order chi connectivity index (χ0) is 13.5. The molecule has 1 atom stereocenters. The van der Waals surface area contributed by atoms with Gasteiger partial charge >= 0.3 is 0 Å². The van der Waals surface area contributed by atoms with Gasteiger partial charge in [-0.05, 0) is 6.42 Å². The third-order valence-corrected chi connectivity index (χ3v) is 2.62. The van der Waals surface area contributed by atoms with Gasteiger partial charge in [-0.3, -0.25) is 19.7 Å². The van der Waals surface area contributed by atoms with Gasteiger partial charge in [-0.1, -0.05) is 6.92 Å². The molecule has 0 saturated carbocycles. The molecule has 1 rings (SSSR count). The Hall–Kier alpha value is -1.47. The first kappa shape index (κ1) is 14.6. The van der Waals surface area contributed by atoms with Gasteiger partial charge in [-0.25, -0.2) is 0 Å². The molecule has 18 heavy (non-hydrogen) atoms. The Labute approximate surface area is 105 Å². The van der Waals surface area contributed by atoms with Gasteiger partial charge < -0.3 is 14.4 Å². The third-order valence-electron chi connectivity index (χ3n) is 2.62. The van der Waals surface area contributed by atoms with E-state index in [1.54, 1.807) is 6.92 Å². The lowest BCUT2D eigenvalue weighted by atomic mass is 10.1. The van der Waals surface area contributed by atoms with Crippen LogP contribution in [0.15, 0.2) is 0 Å². The van der Waals surface area contributed by atoms with E-state index in [4.69, 9.17) is 9.47 Å². The molecule has 0 aromatic carbocycles. The molecule has 1 unspecified atom stereocenters. The average molecular weight is 258 g/mol. The molecule has 1 saturated heterocycles. The summed E-state index contributed by atoms with van der Waals surface area (Å²) in [7, 11) is 1.53. The van der Waals surface area contributed by atoms with Gasteiger partial charge in [0.05, 0.1) is 13.2 Å². The largest absolute Gasteiger partial charge is 0.382 e. The molecule has 1 aliphatic rings. The van der Waals surface area contributed by atoms with Crippen LogP contribution in [-0.4, -0.2) is 62.1 Å². The van der Waals surface area contributed by atoms with Crippen LogP contribution in [0.25, 0.3) is 0 Å². The Morgan fingerprint density at radius 3 is 2.78 bits per heavy atom. The average Bonchev–Trinajstić information content (AvgIpc) is 2.33. The first-order chi connectivity index (χ1) is 8.60. The zero-order valence-corrected chi connectivity index (χ0v) is 10.6. The summed E-state index contributed by atoms with van der Waals surface area (Å²) in [5, 5.41) is 2.21. The normalized spacial score (nSPS) is 19.9. The second-order valence-corrected chi connectivity index (χ2v) is 3.90. The van der Waals surface area contributed by atoms with Crippen LogP contribution in [0.4, 0.5) is 0 Å². The molecular formula is C11H18N2O5. The smallest absolute Gasteiger partial charge is 0.249 e. The maximum atomic E-state index is 11.8. The fourth-order valence-electron chi connectivity index (χ4n) is 1.72. The molecule has 1 heterocycles. The van der Waals surface area contributed by atoms with Crippen molar-refractivity contribution in [2.75, 3.05) is 33.5 Å². The van der Waals surface area contributed by atoms with E-state index in [1.807, 2.05) is 0 Å². The molecular weight excluding hydrogens is 240 g/mol. The SMILES string of the molecule is CCC1C(=O)NC(=O)CN1C(=O)COCCOC. The summed E-state index contributed by atoms with van der Waals surface area (Å²) in [6.45, 7) is 2.22. The highest BCUT2D eigenvalue weighted by molar-refractivity contribution is 6.04. The molecule has 1 aliphatic heterocycles. The van der Waals surface area contributed by atoms with Crippen molar-refractivity contribution in [3.05, 3.63) is 0 Å². The van der Waals surface area contributed by atoms with Crippen molar-refractivity contribution in [1.29, 1.82) is 0 Å². The Balaban J connectivity index is 2.52. The molecule has 0 bridgehead atoms. The van der Waals surface area contributed by atoms with Crippen LogP contribution in [-0.2, 0) is 23.9 Å². The minimum Gasteiger partial charge on any atom is -0.382 e. The van der Waals surface area contributed by atoms with Crippen molar-refractivity contribution in [1.82, 2.24) is 10.2 Å². The number of ether oxygens (including phenoxy) is 2. The lowest BCUT2D eigenvalue weighted by Crippen LogP contribution is -2.60. The molecule has 7 heteroatoms. The fourth-order valence-corrected chi connectivity index (χ4v) is 1.72. The van der Waals surface area contributed by atoms with E-state index in [9.17, 15) is 14.4 Å². The van der Waals surface area contributed by atoms with Crippen molar-refractivity contribution >= 4 is 17.7 Å². The van der Waals surface area contributed by atoms with Crippen LogP contribution in [0.5, 0.6) is 0 Å². The van der Waals surface area contributed by atoms with E-state index in [1.165, 1.54) is 12.0 Å². The molecule has 0 aromatic heterocycles. The first-order valence-electron chi connectivity index (χ1n) is 5.80. The van der Waals surface area contributed by atoms with Crippen molar-refractivity contribution in [2.45, 2.75) is 19.4 Å². The minimum atomic E-state index is -0.596. The second kappa shape index (κ2) is 7.07. The number of rotatable bonds is 6. The number of carbonyl (C=O) groups is 3. The van der Waals surface area contributed by atoms with Crippen molar-refractivity contribution in [3.8, 4) is 0 Å². The molecule has 102 valence electrons. The lowest BCUT2D eigenvalue weighted by molar-refractivity contribution is -0.152. The fraction of sp³-hybridized carbons (Fsp3) is 0.727. The monoisotopic (exact) mass is 258 g/mol. The number of piperazine rings is 1. The summed E-state index contributed by atoms with van der Waals surface area (Å²) in [6, 6.07) is -0.596. The first-order valence-corrected chi connectivity index (χ1v) is 5.80. The Bertz CT molecular complexity index is 331. The quantitative estimate of drug-likeness (QED) is 0.483. The van der Waals surface area contributed by atoms with Gasteiger partial charge in [0, 0.05) is 7.11 Å². The van der Waals surface area contributed by atoms with Crippen molar-refractivity contribution in [3.63, 3.8) is 0 Å². The van der Waals surface area contributed by atoms with Crippen LogP contribution < -0.4 is 5.32 Å². The third kappa shape index (κ3) is 3.78. The van der Waals surface area contributed by atoms with Gasteiger partial charge in [0.1, 0.15) is 19.2 Å². The second-order valence-electron chi connectivity index (χ2n) is 3.90. The summed E-state index contributed by atoms with van der Waals surface area (Å²) in [5.41, 5.74) is 0. The zero-order valence-electron chi connectivity index (χ0n) is 10.6. The van der Waals surface area contributed by atoms with E-state index >= 15 is 0 Å². The van der Waals surface area contributed by atoms with Gasteiger partial charge in [-0.2, -0.15) is 0 Å². The molecule has 1 fully saturated rings. The van der Waals surface area contributed by atoms with E-state index in [0.29, 0.717) is 19.6 Å².